The van der Waals surface area contributed by atoms with Crippen LogP contribution in [-0.2, 0) is 0 Å². The molecular formula is C12H22ClN5O. The van der Waals surface area contributed by atoms with E-state index >= 15 is 0 Å². The van der Waals surface area contributed by atoms with Gasteiger partial charge in [-0.15, -0.1) is 16.7 Å². The second kappa shape index (κ2) is 6.54. The molecule has 19 heavy (non-hydrogen) atoms. The van der Waals surface area contributed by atoms with Crippen molar-refractivity contribution in [3.63, 3.8) is 0 Å². The molecule has 0 aliphatic carbocycles. The van der Waals surface area contributed by atoms with Crippen molar-refractivity contribution in [3.05, 3.63) is 5.89 Å². The van der Waals surface area contributed by atoms with Crippen LogP contribution in [0.4, 0.5) is 6.01 Å². The van der Waals surface area contributed by atoms with E-state index in [9.17, 15) is 0 Å². The van der Waals surface area contributed by atoms with Crippen LogP contribution in [-0.4, -0.2) is 73.4 Å². The Morgan fingerprint density at radius 2 is 1.95 bits per heavy atom. The van der Waals surface area contributed by atoms with Gasteiger partial charge in [-0.2, -0.15) is 0 Å². The number of piperazine rings is 1. The van der Waals surface area contributed by atoms with E-state index in [4.69, 9.17) is 16.0 Å². The van der Waals surface area contributed by atoms with Crippen LogP contribution in [0.5, 0.6) is 0 Å². The summed E-state index contributed by atoms with van der Waals surface area (Å²) >= 11 is 5.92. The number of nitrogens with zero attached hydrogens (tertiary/aromatic N) is 5. The highest BCUT2D eigenvalue weighted by atomic mass is 35.5. The molecule has 1 aromatic rings. The molecule has 7 heteroatoms. The quantitative estimate of drug-likeness (QED) is 0.755. The Kier molecular flexibility index (Phi) is 5.01. The third-order valence-electron chi connectivity index (χ3n) is 3.28. The molecule has 1 atom stereocenters. The van der Waals surface area contributed by atoms with E-state index in [1.54, 1.807) is 0 Å². The average Bonchev–Trinajstić information content (AvgIpc) is 2.86. The molecule has 6 nitrogen and oxygen atoms in total. The summed E-state index contributed by atoms with van der Waals surface area (Å²) in [5.74, 6) is 0.492. The molecule has 0 N–H and O–H groups in total. The van der Waals surface area contributed by atoms with Crippen LogP contribution in [0.15, 0.2) is 4.42 Å². The highest BCUT2D eigenvalue weighted by Gasteiger charge is 2.22. The number of hydrogen-bond donors (Lipinski definition) is 0. The Labute approximate surface area is 119 Å². The van der Waals surface area contributed by atoms with Crippen molar-refractivity contribution in [2.45, 2.75) is 12.3 Å². The lowest BCUT2D eigenvalue weighted by molar-refractivity contribution is 0.226. The molecule has 0 saturated carbocycles. The summed E-state index contributed by atoms with van der Waals surface area (Å²) in [6.07, 6.45) is 0. The minimum absolute atomic E-state index is 0.234. The first-order valence-electron chi connectivity index (χ1n) is 6.66. The van der Waals surface area contributed by atoms with Gasteiger partial charge in [0.15, 0.2) is 0 Å². The molecule has 1 fully saturated rings. The minimum atomic E-state index is -0.234. The number of likely N-dealkylation sites (N-methyl/N-ethyl adjacent to an activating group) is 1. The zero-order valence-electron chi connectivity index (χ0n) is 11.8. The van der Waals surface area contributed by atoms with Crippen LogP contribution in [0.3, 0.4) is 0 Å². The Balaban J connectivity index is 1.82. The smallest absolute Gasteiger partial charge is 0.318 e. The molecule has 0 bridgehead atoms. The molecule has 1 aliphatic rings. The SMILES string of the molecule is CC(Cl)c1nnc(N2CCN(CCN(C)C)CC2)o1. The Hall–Kier alpha value is -0.850. The van der Waals surface area contributed by atoms with E-state index in [1.165, 1.54) is 0 Å². The number of aromatic nitrogens is 2. The van der Waals surface area contributed by atoms with Gasteiger partial charge in [-0.1, -0.05) is 5.10 Å². The van der Waals surface area contributed by atoms with Crippen LogP contribution < -0.4 is 4.90 Å². The molecule has 1 aliphatic heterocycles. The van der Waals surface area contributed by atoms with Crippen molar-refractivity contribution < 1.29 is 4.42 Å². The van der Waals surface area contributed by atoms with Gasteiger partial charge in [0, 0.05) is 39.3 Å². The van der Waals surface area contributed by atoms with Crippen molar-refractivity contribution in [3.8, 4) is 0 Å². The van der Waals surface area contributed by atoms with E-state index in [2.05, 4.69) is 39.0 Å². The molecule has 0 spiro atoms. The molecule has 108 valence electrons. The Morgan fingerprint density at radius 3 is 2.47 bits per heavy atom. The molecule has 0 radical (unpaired) electrons. The number of hydrogen-bond acceptors (Lipinski definition) is 6. The maximum absolute atomic E-state index is 5.92. The summed E-state index contributed by atoms with van der Waals surface area (Å²) in [6.45, 7) is 7.93. The van der Waals surface area contributed by atoms with Gasteiger partial charge in [-0.25, -0.2) is 0 Å². The van der Waals surface area contributed by atoms with Gasteiger partial charge in [0.25, 0.3) is 0 Å². The summed E-state index contributed by atoms with van der Waals surface area (Å²) in [5, 5.41) is 7.78. The number of alkyl halides is 1. The highest BCUT2D eigenvalue weighted by Crippen LogP contribution is 2.22. The Bertz CT molecular complexity index is 387. The monoisotopic (exact) mass is 287 g/mol. The fourth-order valence-electron chi connectivity index (χ4n) is 2.02. The highest BCUT2D eigenvalue weighted by molar-refractivity contribution is 6.20. The van der Waals surface area contributed by atoms with Crippen LogP contribution in [0.2, 0.25) is 0 Å². The number of halogens is 1. The second-order valence-electron chi connectivity index (χ2n) is 5.17. The number of rotatable bonds is 5. The van der Waals surface area contributed by atoms with Crippen molar-refractivity contribution in [1.29, 1.82) is 0 Å². The van der Waals surface area contributed by atoms with Crippen LogP contribution >= 0.6 is 11.6 Å². The lowest BCUT2D eigenvalue weighted by Crippen LogP contribution is -2.48. The lowest BCUT2D eigenvalue weighted by atomic mass is 10.3. The fraction of sp³-hybridized carbons (Fsp3) is 0.833. The fourth-order valence-corrected chi connectivity index (χ4v) is 2.11. The molecule has 0 amide bonds. The van der Waals surface area contributed by atoms with Crippen molar-refractivity contribution in [2.24, 2.45) is 0 Å². The first-order valence-corrected chi connectivity index (χ1v) is 7.09. The predicted molar refractivity (Wildman–Crippen MR) is 75.8 cm³/mol. The average molecular weight is 288 g/mol. The van der Waals surface area contributed by atoms with Crippen molar-refractivity contribution in [2.75, 3.05) is 58.3 Å². The third-order valence-corrected chi connectivity index (χ3v) is 3.46. The first-order chi connectivity index (χ1) is 9.06. The summed E-state index contributed by atoms with van der Waals surface area (Å²) in [6, 6.07) is 0.592. The van der Waals surface area contributed by atoms with Gasteiger partial charge in [0.1, 0.15) is 5.38 Å². The molecule has 1 saturated heterocycles. The normalized spacial score (nSPS) is 19.1. The van der Waals surface area contributed by atoms with E-state index < -0.39 is 0 Å². The summed E-state index contributed by atoms with van der Waals surface area (Å²) in [7, 11) is 4.20. The molecule has 1 unspecified atom stereocenters. The standard InChI is InChI=1S/C12H22ClN5O/c1-10(13)11-14-15-12(19-11)18-8-6-17(7-9-18)5-4-16(2)3/h10H,4-9H2,1-3H3. The minimum Gasteiger partial charge on any atom is -0.406 e. The largest absolute Gasteiger partial charge is 0.406 e. The van der Waals surface area contributed by atoms with E-state index in [0.29, 0.717) is 11.9 Å². The predicted octanol–water partition coefficient (Wildman–Crippen LogP) is 1.05. The van der Waals surface area contributed by atoms with Crippen molar-refractivity contribution >= 4 is 17.6 Å². The van der Waals surface area contributed by atoms with Crippen LogP contribution in [0, 0.1) is 0 Å². The van der Waals surface area contributed by atoms with Gasteiger partial charge in [-0.3, -0.25) is 4.90 Å². The second-order valence-corrected chi connectivity index (χ2v) is 5.83. The van der Waals surface area contributed by atoms with Gasteiger partial charge >= 0.3 is 6.01 Å². The first kappa shape index (κ1) is 14.6. The third kappa shape index (κ3) is 4.06. The number of anilines is 1. The van der Waals surface area contributed by atoms with E-state index in [1.807, 2.05) is 6.92 Å². The molecule has 0 aromatic carbocycles. The van der Waals surface area contributed by atoms with Gasteiger partial charge < -0.3 is 14.2 Å². The molecular weight excluding hydrogens is 266 g/mol. The maximum Gasteiger partial charge on any atom is 0.318 e. The lowest BCUT2D eigenvalue weighted by Gasteiger charge is -2.34. The Morgan fingerprint density at radius 1 is 1.26 bits per heavy atom. The zero-order valence-corrected chi connectivity index (χ0v) is 12.6. The van der Waals surface area contributed by atoms with Gasteiger partial charge in [0.2, 0.25) is 5.89 Å². The summed E-state index contributed by atoms with van der Waals surface area (Å²) < 4.78 is 5.56. The van der Waals surface area contributed by atoms with Gasteiger partial charge in [0.05, 0.1) is 0 Å². The molecule has 2 heterocycles. The summed E-state index contributed by atoms with van der Waals surface area (Å²) in [5.41, 5.74) is 0. The van der Waals surface area contributed by atoms with Crippen molar-refractivity contribution in [1.82, 2.24) is 20.0 Å². The van der Waals surface area contributed by atoms with Crippen LogP contribution in [0.1, 0.15) is 18.2 Å². The zero-order chi connectivity index (χ0) is 13.8. The summed E-state index contributed by atoms with van der Waals surface area (Å²) in [4.78, 5) is 6.79. The van der Waals surface area contributed by atoms with Gasteiger partial charge in [-0.05, 0) is 21.0 Å². The maximum atomic E-state index is 5.92. The molecule has 1 aromatic heterocycles. The topological polar surface area (TPSA) is 48.6 Å². The molecule has 2 rings (SSSR count). The van der Waals surface area contributed by atoms with E-state index in [-0.39, 0.29) is 5.38 Å². The van der Waals surface area contributed by atoms with E-state index in [0.717, 1.165) is 39.3 Å². The van der Waals surface area contributed by atoms with Crippen LogP contribution in [0.25, 0.3) is 0 Å².